The van der Waals surface area contributed by atoms with E-state index in [9.17, 15) is 14.0 Å². The second-order valence-corrected chi connectivity index (χ2v) is 5.51. The number of urea groups is 1. The van der Waals surface area contributed by atoms with Crippen LogP contribution in [0.2, 0.25) is 0 Å². The van der Waals surface area contributed by atoms with Crippen LogP contribution in [-0.2, 0) is 4.79 Å². The molecule has 1 aliphatic heterocycles. The lowest BCUT2D eigenvalue weighted by atomic mass is 10.0. The molecule has 1 unspecified atom stereocenters. The first-order valence-corrected chi connectivity index (χ1v) is 7.04. The third-order valence-electron chi connectivity index (χ3n) is 3.22. The van der Waals surface area contributed by atoms with Crippen LogP contribution in [0.1, 0.15) is 19.3 Å². The van der Waals surface area contributed by atoms with Gasteiger partial charge in [0.1, 0.15) is 11.9 Å². The number of nitrogens with zero attached hydrogens (tertiary/aromatic N) is 1. The minimum atomic E-state index is -1.03. The number of halogens is 2. The lowest BCUT2D eigenvalue weighted by molar-refractivity contribution is -0.143. The smallest absolute Gasteiger partial charge is 0.326 e. The van der Waals surface area contributed by atoms with E-state index in [-0.39, 0.29) is 5.69 Å². The van der Waals surface area contributed by atoms with Gasteiger partial charge in [-0.05, 0) is 37.5 Å². The minimum absolute atomic E-state index is 0.0351. The number of aliphatic carboxylic acids is 1. The number of hydrogen-bond acceptors (Lipinski definition) is 2. The molecule has 1 atom stereocenters. The molecule has 0 aliphatic carbocycles. The number of nitrogens with one attached hydrogen (secondary N) is 1. The Bertz CT molecular complexity index is 538. The second kappa shape index (κ2) is 6.21. The van der Waals surface area contributed by atoms with Gasteiger partial charge in [-0.1, -0.05) is 15.9 Å². The molecule has 108 valence electrons. The summed E-state index contributed by atoms with van der Waals surface area (Å²) in [6.45, 7) is 0.362. The van der Waals surface area contributed by atoms with Gasteiger partial charge >= 0.3 is 12.0 Å². The summed E-state index contributed by atoms with van der Waals surface area (Å²) in [6.07, 6.45) is 1.94. The van der Waals surface area contributed by atoms with E-state index < -0.39 is 23.9 Å². The number of anilines is 1. The summed E-state index contributed by atoms with van der Waals surface area (Å²) in [5, 5.41) is 11.5. The zero-order valence-electron chi connectivity index (χ0n) is 10.6. The number of rotatable bonds is 2. The van der Waals surface area contributed by atoms with E-state index in [1.807, 2.05) is 0 Å². The molecule has 0 saturated carbocycles. The third kappa shape index (κ3) is 3.27. The van der Waals surface area contributed by atoms with E-state index in [4.69, 9.17) is 5.11 Å². The van der Waals surface area contributed by atoms with Crippen LogP contribution in [0.15, 0.2) is 22.7 Å². The number of hydrogen-bond donors (Lipinski definition) is 2. The summed E-state index contributed by atoms with van der Waals surface area (Å²) in [5.41, 5.74) is 0.0351. The predicted molar refractivity (Wildman–Crippen MR) is 75.1 cm³/mol. The summed E-state index contributed by atoms with van der Waals surface area (Å²) >= 11 is 3.13. The molecule has 7 heteroatoms. The molecule has 1 fully saturated rings. The Morgan fingerprint density at radius 3 is 2.80 bits per heavy atom. The molecule has 5 nitrogen and oxygen atoms in total. The molecule has 20 heavy (non-hydrogen) atoms. The van der Waals surface area contributed by atoms with Gasteiger partial charge in [-0.2, -0.15) is 0 Å². The Morgan fingerprint density at radius 2 is 2.15 bits per heavy atom. The molecule has 1 aromatic carbocycles. The summed E-state index contributed by atoms with van der Waals surface area (Å²) in [5.74, 6) is -1.60. The van der Waals surface area contributed by atoms with Crippen LogP contribution in [0.3, 0.4) is 0 Å². The normalized spacial score (nSPS) is 18.7. The molecule has 1 heterocycles. The number of amides is 2. The number of carbonyl (C=O) groups excluding carboxylic acids is 1. The van der Waals surface area contributed by atoms with Gasteiger partial charge in [0, 0.05) is 11.0 Å². The number of benzene rings is 1. The maximum Gasteiger partial charge on any atom is 0.326 e. The molecule has 0 aromatic heterocycles. The second-order valence-electron chi connectivity index (χ2n) is 4.60. The highest BCUT2D eigenvalue weighted by atomic mass is 79.9. The first-order chi connectivity index (χ1) is 9.49. The van der Waals surface area contributed by atoms with Crippen LogP contribution in [0.25, 0.3) is 0 Å². The molecule has 1 aromatic rings. The van der Waals surface area contributed by atoms with Crippen LogP contribution >= 0.6 is 15.9 Å². The van der Waals surface area contributed by atoms with Crippen molar-refractivity contribution in [2.24, 2.45) is 0 Å². The van der Waals surface area contributed by atoms with E-state index in [1.165, 1.54) is 17.0 Å². The Hall–Kier alpha value is -1.63. The van der Waals surface area contributed by atoms with Crippen molar-refractivity contribution in [3.63, 3.8) is 0 Å². The fourth-order valence-corrected chi connectivity index (χ4v) is 2.54. The summed E-state index contributed by atoms with van der Waals surface area (Å²) in [4.78, 5) is 24.5. The van der Waals surface area contributed by atoms with Gasteiger partial charge in [0.2, 0.25) is 0 Å². The first-order valence-electron chi connectivity index (χ1n) is 6.24. The Balaban J connectivity index is 2.12. The zero-order valence-corrected chi connectivity index (χ0v) is 12.2. The molecule has 0 spiro atoms. The molecular weight excluding hydrogens is 331 g/mol. The van der Waals surface area contributed by atoms with Crippen molar-refractivity contribution in [2.75, 3.05) is 11.9 Å². The largest absolute Gasteiger partial charge is 0.480 e. The van der Waals surface area contributed by atoms with E-state index in [0.717, 1.165) is 12.8 Å². The Labute approximate surface area is 123 Å². The number of carboxylic acids is 1. The molecule has 0 radical (unpaired) electrons. The number of carbonyl (C=O) groups is 2. The molecule has 2 amide bonds. The van der Waals surface area contributed by atoms with E-state index in [2.05, 4.69) is 21.2 Å². The van der Waals surface area contributed by atoms with Gasteiger partial charge in [0.25, 0.3) is 0 Å². The lowest BCUT2D eigenvalue weighted by Gasteiger charge is -2.32. The van der Waals surface area contributed by atoms with Crippen LogP contribution < -0.4 is 5.32 Å². The SMILES string of the molecule is O=C(O)C1CCCCN1C(=O)Nc1ccc(Br)cc1F. The Morgan fingerprint density at radius 1 is 1.40 bits per heavy atom. The first kappa shape index (κ1) is 14.8. The van der Waals surface area contributed by atoms with Crippen molar-refractivity contribution in [2.45, 2.75) is 25.3 Å². The molecule has 1 saturated heterocycles. The van der Waals surface area contributed by atoms with Gasteiger partial charge in [0.05, 0.1) is 5.69 Å². The van der Waals surface area contributed by atoms with Gasteiger partial charge in [-0.15, -0.1) is 0 Å². The van der Waals surface area contributed by atoms with E-state index in [0.29, 0.717) is 17.4 Å². The van der Waals surface area contributed by atoms with Crippen molar-refractivity contribution in [1.82, 2.24) is 4.90 Å². The average Bonchev–Trinajstić information content (AvgIpc) is 2.41. The van der Waals surface area contributed by atoms with Crippen molar-refractivity contribution < 1.29 is 19.1 Å². The maximum absolute atomic E-state index is 13.7. The predicted octanol–water partition coefficient (Wildman–Crippen LogP) is 3.06. The van der Waals surface area contributed by atoms with Crippen molar-refractivity contribution in [3.8, 4) is 0 Å². The average molecular weight is 345 g/mol. The molecular formula is C13H14BrFN2O3. The number of carboxylic acid groups (broad SMARTS) is 1. The molecule has 1 aliphatic rings. The van der Waals surface area contributed by atoms with E-state index >= 15 is 0 Å². The standard InChI is InChI=1S/C13H14BrFN2O3/c14-8-4-5-10(9(15)7-8)16-13(20)17-6-2-1-3-11(17)12(18)19/h4-5,7,11H,1-3,6H2,(H,16,20)(H,18,19). The van der Waals surface area contributed by atoms with Gasteiger partial charge in [-0.25, -0.2) is 14.0 Å². The summed E-state index contributed by atoms with van der Waals surface area (Å²) in [7, 11) is 0. The molecule has 2 N–H and O–H groups in total. The van der Waals surface area contributed by atoms with Crippen LogP contribution in [-0.4, -0.2) is 34.6 Å². The molecule has 0 bridgehead atoms. The summed E-state index contributed by atoms with van der Waals surface area (Å²) in [6, 6.07) is 2.83. The van der Waals surface area contributed by atoms with E-state index in [1.54, 1.807) is 6.07 Å². The minimum Gasteiger partial charge on any atom is -0.480 e. The zero-order chi connectivity index (χ0) is 14.7. The quantitative estimate of drug-likeness (QED) is 0.866. The Kier molecular flexibility index (Phi) is 4.59. The fraction of sp³-hybridized carbons (Fsp3) is 0.385. The highest BCUT2D eigenvalue weighted by Gasteiger charge is 2.32. The summed E-state index contributed by atoms with van der Waals surface area (Å²) < 4.78 is 14.2. The van der Waals surface area contributed by atoms with Crippen molar-refractivity contribution >= 4 is 33.6 Å². The fourth-order valence-electron chi connectivity index (χ4n) is 2.21. The lowest BCUT2D eigenvalue weighted by Crippen LogP contribution is -2.49. The monoisotopic (exact) mass is 344 g/mol. The van der Waals surface area contributed by atoms with Gasteiger partial charge < -0.3 is 15.3 Å². The number of piperidine rings is 1. The van der Waals surface area contributed by atoms with Crippen LogP contribution in [0.5, 0.6) is 0 Å². The topological polar surface area (TPSA) is 69.6 Å². The van der Waals surface area contributed by atoms with Gasteiger partial charge in [0.15, 0.2) is 0 Å². The van der Waals surface area contributed by atoms with Crippen molar-refractivity contribution in [3.05, 3.63) is 28.5 Å². The van der Waals surface area contributed by atoms with Gasteiger partial charge in [-0.3, -0.25) is 0 Å². The van der Waals surface area contributed by atoms with Crippen LogP contribution in [0.4, 0.5) is 14.9 Å². The third-order valence-corrected chi connectivity index (χ3v) is 3.71. The van der Waals surface area contributed by atoms with Crippen molar-refractivity contribution in [1.29, 1.82) is 0 Å². The van der Waals surface area contributed by atoms with Crippen LogP contribution in [0, 0.1) is 5.82 Å². The maximum atomic E-state index is 13.7. The molecule has 2 rings (SSSR count). The number of likely N-dealkylation sites (tertiary alicyclic amines) is 1. The highest BCUT2D eigenvalue weighted by molar-refractivity contribution is 9.10. The highest BCUT2D eigenvalue weighted by Crippen LogP contribution is 2.22.